The Kier molecular flexibility index (Phi) is 8.19. The van der Waals surface area contributed by atoms with Crippen molar-refractivity contribution < 1.29 is 32.6 Å². The molecule has 3 aromatic rings. The Balaban J connectivity index is 1.68. The van der Waals surface area contributed by atoms with Crippen LogP contribution in [0.15, 0.2) is 42.5 Å². The molecule has 0 saturated heterocycles. The molecule has 0 radical (unpaired) electrons. The topological polar surface area (TPSA) is 87.7 Å². The van der Waals surface area contributed by atoms with Crippen molar-refractivity contribution in [2.45, 2.75) is 12.8 Å². The summed E-state index contributed by atoms with van der Waals surface area (Å²) in [6, 6.07) is 9.33. The summed E-state index contributed by atoms with van der Waals surface area (Å²) in [5.74, 6) is -1.99. The summed E-state index contributed by atoms with van der Waals surface area (Å²) in [7, 11) is 0. The molecule has 0 saturated carbocycles. The lowest BCUT2D eigenvalue weighted by Gasteiger charge is -2.13. The first-order valence-corrected chi connectivity index (χ1v) is 11.3. The summed E-state index contributed by atoms with van der Waals surface area (Å²) in [6.07, 6.45) is -4.78. The number of alkyl halides is 3. The largest absolute Gasteiger partial charge is 0.573 e. The lowest BCUT2D eigenvalue weighted by Crippen LogP contribution is -2.27. The Bertz CT molecular complexity index is 1210. The number of hydrogen-bond donors (Lipinski definition) is 3. The predicted molar refractivity (Wildman–Crippen MR) is 125 cm³/mol. The normalized spacial score (nSPS) is 11.2. The van der Waals surface area contributed by atoms with Crippen molar-refractivity contribution in [2.75, 3.05) is 11.9 Å². The number of phenols is 1. The molecule has 180 valence electrons. The van der Waals surface area contributed by atoms with Crippen LogP contribution in [0, 0.1) is 0 Å². The van der Waals surface area contributed by atoms with Gasteiger partial charge in [0.25, 0.3) is 11.8 Å². The smallest absolute Gasteiger partial charge is 0.505 e. The van der Waals surface area contributed by atoms with Crippen molar-refractivity contribution in [1.29, 1.82) is 0 Å². The molecule has 1 heterocycles. The van der Waals surface area contributed by atoms with Gasteiger partial charge in [0.2, 0.25) is 0 Å². The van der Waals surface area contributed by atoms with Gasteiger partial charge in [0.05, 0.1) is 19.9 Å². The second-order valence-electron chi connectivity index (χ2n) is 6.70. The molecule has 2 aromatic carbocycles. The summed E-state index contributed by atoms with van der Waals surface area (Å²) in [5, 5.41) is 14.6. The number of carbonyl (C=O) groups is 2. The van der Waals surface area contributed by atoms with E-state index in [4.69, 9.17) is 34.8 Å². The molecule has 2 amide bonds. The molecule has 0 fully saturated rings. The summed E-state index contributed by atoms with van der Waals surface area (Å²) >= 11 is 18.6. The molecule has 3 N–H and O–H groups in total. The minimum absolute atomic E-state index is 0.0128. The van der Waals surface area contributed by atoms with Crippen molar-refractivity contribution in [2.24, 2.45) is 0 Å². The summed E-state index contributed by atoms with van der Waals surface area (Å²) in [5.41, 5.74) is 0.335. The fourth-order valence-electron chi connectivity index (χ4n) is 2.83. The zero-order valence-electron chi connectivity index (χ0n) is 16.8. The van der Waals surface area contributed by atoms with Gasteiger partial charge in [-0.2, -0.15) is 0 Å². The van der Waals surface area contributed by atoms with E-state index < -0.39 is 18.2 Å². The monoisotopic (exact) mass is 552 g/mol. The van der Waals surface area contributed by atoms with Gasteiger partial charge in [-0.1, -0.05) is 53.0 Å². The zero-order chi connectivity index (χ0) is 25.0. The lowest BCUT2D eigenvalue weighted by atomic mass is 10.1. The predicted octanol–water partition coefficient (Wildman–Crippen LogP) is 6.54. The third-order valence-electron chi connectivity index (χ3n) is 4.33. The van der Waals surface area contributed by atoms with Gasteiger partial charge in [0.1, 0.15) is 10.8 Å². The molecule has 0 atom stereocenters. The maximum absolute atomic E-state index is 12.7. The van der Waals surface area contributed by atoms with E-state index in [2.05, 4.69) is 15.4 Å². The number of aromatic hydroxyl groups is 1. The Morgan fingerprint density at radius 3 is 2.32 bits per heavy atom. The van der Waals surface area contributed by atoms with Crippen LogP contribution in [-0.2, 0) is 6.42 Å². The molecular weight excluding hydrogens is 540 g/mol. The van der Waals surface area contributed by atoms with Gasteiger partial charge in [0.15, 0.2) is 5.75 Å². The summed E-state index contributed by atoms with van der Waals surface area (Å²) in [4.78, 5) is 25.2. The molecule has 3 rings (SSSR count). The molecule has 0 spiro atoms. The number of hydrogen-bond acceptors (Lipinski definition) is 5. The van der Waals surface area contributed by atoms with Crippen molar-refractivity contribution >= 4 is 63.0 Å². The Morgan fingerprint density at radius 2 is 1.68 bits per heavy atom. The molecule has 34 heavy (non-hydrogen) atoms. The van der Waals surface area contributed by atoms with E-state index in [1.165, 1.54) is 36.4 Å². The highest BCUT2D eigenvalue weighted by molar-refractivity contribution is 7.20. The molecule has 1 aromatic heterocycles. The Morgan fingerprint density at radius 1 is 1.03 bits per heavy atom. The number of para-hydroxylation sites is 1. The number of benzene rings is 2. The summed E-state index contributed by atoms with van der Waals surface area (Å²) in [6.45, 7) is -0.0128. The van der Waals surface area contributed by atoms with Crippen LogP contribution in [0.2, 0.25) is 14.4 Å². The van der Waals surface area contributed by atoms with Crippen LogP contribution in [-0.4, -0.2) is 29.8 Å². The molecular formula is C21H14Cl3F3N2O4S. The van der Waals surface area contributed by atoms with Crippen molar-refractivity contribution in [1.82, 2.24) is 5.32 Å². The maximum Gasteiger partial charge on any atom is 0.573 e. The number of amides is 2. The quantitative estimate of drug-likeness (QED) is 0.310. The molecule has 0 aliphatic rings. The standard InChI is InChI=1S/C21H14Cl3F3N2O4S/c22-13-7-11(8-14(23)17(13)30)18(31)29-20-12(9-16(24)34-20)19(32)28-6-5-10-3-1-2-4-15(10)33-21(25,26)27/h1-4,7-9,30H,5-6H2,(H,28,32)(H,29,31). The van der Waals surface area contributed by atoms with E-state index in [0.717, 1.165) is 11.3 Å². The van der Waals surface area contributed by atoms with Gasteiger partial charge < -0.3 is 20.5 Å². The van der Waals surface area contributed by atoms with Crippen LogP contribution >= 0.6 is 46.1 Å². The number of rotatable bonds is 7. The first kappa shape index (κ1) is 26.0. The van der Waals surface area contributed by atoms with Gasteiger partial charge >= 0.3 is 6.36 Å². The first-order chi connectivity index (χ1) is 15.9. The number of anilines is 1. The lowest BCUT2D eigenvalue weighted by molar-refractivity contribution is -0.274. The highest BCUT2D eigenvalue weighted by Crippen LogP contribution is 2.35. The van der Waals surface area contributed by atoms with Crippen molar-refractivity contribution in [3.63, 3.8) is 0 Å². The van der Waals surface area contributed by atoms with E-state index in [1.807, 2.05) is 0 Å². The minimum atomic E-state index is -4.84. The van der Waals surface area contributed by atoms with E-state index in [1.54, 1.807) is 6.07 Å². The number of nitrogens with one attached hydrogen (secondary N) is 2. The second kappa shape index (κ2) is 10.7. The SMILES string of the molecule is O=C(Nc1sc(Cl)cc1C(=O)NCCc1ccccc1OC(F)(F)F)c1cc(Cl)c(O)c(Cl)c1. The summed E-state index contributed by atoms with van der Waals surface area (Å²) < 4.78 is 41.9. The van der Waals surface area contributed by atoms with Crippen LogP contribution < -0.4 is 15.4 Å². The van der Waals surface area contributed by atoms with Gasteiger partial charge in [0, 0.05) is 12.1 Å². The highest BCUT2D eigenvalue weighted by Gasteiger charge is 2.32. The average molecular weight is 554 g/mol. The highest BCUT2D eigenvalue weighted by atomic mass is 35.5. The molecule has 6 nitrogen and oxygen atoms in total. The van der Waals surface area contributed by atoms with E-state index in [-0.39, 0.29) is 60.5 Å². The number of ether oxygens (including phenoxy) is 1. The van der Waals surface area contributed by atoms with Gasteiger partial charge in [-0.05, 0) is 36.2 Å². The third-order valence-corrected chi connectivity index (χ3v) is 6.09. The van der Waals surface area contributed by atoms with Crippen LogP contribution in [0.1, 0.15) is 26.3 Å². The van der Waals surface area contributed by atoms with E-state index >= 15 is 0 Å². The fourth-order valence-corrected chi connectivity index (χ4v) is 4.44. The Labute approximate surface area is 210 Å². The number of carbonyl (C=O) groups excluding carboxylic acids is 2. The van der Waals surface area contributed by atoms with Gasteiger partial charge in [-0.25, -0.2) is 0 Å². The van der Waals surface area contributed by atoms with Crippen LogP contribution in [0.3, 0.4) is 0 Å². The van der Waals surface area contributed by atoms with Crippen molar-refractivity contribution in [3.8, 4) is 11.5 Å². The number of phenolic OH excluding ortho intramolecular Hbond substituents is 1. The minimum Gasteiger partial charge on any atom is -0.505 e. The van der Waals surface area contributed by atoms with Crippen LogP contribution in [0.5, 0.6) is 11.5 Å². The fraction of sp³-hybridized carbons (Fsp3) is 0.143. The molecule has 0 unspecified atom stereocenters. The number of thiophene rings is 1. The van der Waals surface area contributed by atoms with Gasteiger partial charge in [-0.15, -0.1) is 24.5 Å². The van der Waals surface area contributed by atoms with Crippen molar-refractivity contribution in [3.05, 3.63) is 73.5 Å². The van der Waals surface area contributed by atoms with Crippen LogP contribution in [0.25, 0.3) is 0 Å². The maximum atomic E-state index is 12.7. The number of halogens is 6. The zero-order valence-corrected chi connectivity index (χ0v) is 19.9. The molecule has 0 aliphatic carbocycles. The molecule has 13 heteroatoms. The third kappa shape index (κ3) is 6.69. The van der Waals surface area contributed by atoms with E-state index in [9.17, 15) is 27.9 Å². The van der Waals surface area contributed by atoms with Gasteiger partial charge in [-0.3, -0.25) is 9.59 Å². The average Bonchev–Trinajstić information content (AvgIpc) is 3.11. The first-order valence-electron chi connectivity index (χ1n) is 9.35. The molecule has 0 aliphatic heterocycles. The second-order valence-corrected chi connectivity index (χ2v) is 9.20. The molecule has 0 bridgehead atoms. The Hall–Kier alpha value is -2.66. The van der Waals surface area contributed by atoms with Crippen LogP contribution in [0.4, 0.5) is 18.2 Å². The van der Waals surface area contributed by atoms with E-state index in [0.29, 0.717) is 0 Å².